The van der Waals surface area contributed by atoms with E-state index in [0.29, 0.717) is 22.8 Å². The zero-order chi connectivity index (χ0) is 24.9. The second-order valence-electron chi connectivity index (χ2n) is 7.99. The first kappa shape index (κ1) is 23.2. The Kier molecular flexibility index (Phi) is 5.91. The Morgan fingerprint density at radius 2 is 1.86 bits per heavy atom. The Morgan fingerprint density at radius 1 is 1.06 bits per heavy atom. The van der Waals surface area contributed by atoms with Gasteiger partial charge in [0, 0.05) is 11.6 Å². The largest absolute Gasteiger partial charge is 0.502 e. The fraction of sp³-hybridized carbons (Fsp3) is 0.348. The Labute approximate surface area is 197 Å². The minimum absolute atomic E-state index is 0.0125. The lowest BCUT2D eigenvalue weighted by Gasteiger charge is -2.39. The van der Waals surface area contributed by atoms with Crippen LogP contribution in [0.15, 0.2) is 39.5 Å². The SMILES string of the molecule is COc1cc(-c2oc3cc(OC4OC(CO)C(O)C(O)C4O)ccc3c(=O)c2O)cc2c1OCO2. The lowest BCUT2D eigenvalue weighted by atomic mass is 9.99. The van der Waals surface area contributed by atoms with E-state index < -0.39 is 48.5 Å². The number of hydrogen-bond donors (Lipinski definition) is 5. The van der Waals surface area contributed by atoms with Gasteiger partial charge in [0.25, 0.3) is 0 Å². The molecule has 1 saturated heterocycles. The number of aliphatic hydroxyl groups is 4. The fourth-order valence-corrected chi connectivity index (χ4v) is 3.99. The lowest BCUT2D eigenvalue weighted by molar-refractivity contribution is -0.277. The van der Waals surface area contributed by atoms with E-state index in [1.54, 1.807) is 0 Å². The molecule has 5 unspecified atom stereocenters. The zero-order valence-corrected chi connectivity index (χ0v) is 18.3. The van der Waals surface area contributed by atoms with E-state index in [2.05, 4.69) is 0 Å². The molecule has 0 saturated carbocycles. The van der Waals surface area contributed by atoms with Gasteiger partial charge in [0.15, 0.2) is 17.3 Å². The van der Waals surface area contributed by atoms with Crippen molar-refractivity contribution in [3.63, 3.8) is 0 Å². The molecule has 1 fully saturated rings. The van der Waals surface area contributed by atoms with Gasteiger partial charge in [0.1, 0.15) is 35.7 Å². The molecule has 0 aliphatic carbocycles. The molecule has 2 aliphatic rings. The van der Waals surface area contributed by atoms with Crippen molar-refractivity contribution in [2.45, 2.75) is 30.7 Å². The molecular formula is C23H22O12. The second-order valence-corrected chi connectivity index (χ2v) is 7.99. The van der Waals surface area contributed by atoms with Crippen LogP contribution in [0.5, 0.6) is 28.7 Å². The van der Waals surface area contributed by atoms with Gasteiger partial charge in [-0.3, -0.25) is 4.79 Å². The first-order valence-electron chi connectivity index (χ1n) is 10.6. The number of methoxy groups -OCH3 is 1. The summed E-state index contributed by atoms with van der Waals surface area (Å²) < 4.78 is 32.8. The van der Waals surface area contributed by atoms with Gasteiger partial charge in [0.2, 0.25) is 30.0 Å². The van der Waals surface area contributed by atoms with Crippen LogP contribution in [0.4, 0.5) is 0 Å². The second kappa shape index (κ2) is 8.91. The van der Waals surface area contributed by atoms with Gasteiger partial charge >= 0.3 is 0 Å². The summed E-state index contributed by atoms with van der Waals surface area (Å²) in [5.41, 5.74) is -0.360. The van der Waals surface area contributed by atoms with Crippen molar-refractivity contribution in [1.29, 1.82) is 0 Å². The average Bonchev–Trinajstić information content (AvgIpc) is 3.34. The Morgan fingerprint density at radius 3 is 2.60 bits per heavy atom. The van der Waals surface area contributed by atoms with E-state index in [1.165, 1.54) is 37.4 Å². The molecule has 2 aliphatic heterocycles. The standard InChI is InChI=1S/C23H22O12/c1-30-13-4-9(5-14-22(13)32-8-31-14)21-19(28)16(25)11-3-2-10(6-12(11)34-21)33-23-20(29)18(27)17(26)15(7-24)35-23/h2-6,15,17-18,20,23-24,26-29H,7-8H2,1H3. The highest BCUT2D eigenvalue weighted by Crippen LogP contribution is 2.45. The van der Waals surface area contributed by atoms with Crippen molar-refractivity contribution in [2.24, 2.45) is 0 Å². The molecule has 0 bridgehead atoms. The molecule has 12 nitrogen and oxygen atoms in total. The predicted octanol–water partition coefficient (Wildman–Crippen LogP) is 0.0816. The number of aliphatic hydroxyl groups excluding tert-OH is 4. The summed E-state index contributed by atoms with van der Waals surface area (Å²) in [5.74, 6) is 0.363. The van der Waals surface area contributed by atoms with Crippen LogP contribution in [0, 0.1) is 0 Å². The van der Waals surface area contributed by atoms with Gasteiger partial charge in [-0.1, -0.05) is 0 Å². The zero-order valence-electron chi connectivity index (χ0n) is 18.3. The van der Waals surface area contributed by atoms with Gasteiger partial charge in [0.05, 0.1) is 19.1 Å². The van der Waals surface area contributed by atoms with E-state index in [0.717, 1.165) is 0 Å². The topological polar surface area (TPSA) is 178 Å². The van der Waals surface area contributed by atoms with E-state index in [1.807, 2.05) is 0 Å². The minimum atomic E-state index is -1.62. The van der Waals surface area contributed by atoms with Crippen molar-refractivity contribution < 1.29 is 53.6 Å². The molecule has 0 amide bonds. The lowest BCUT2D eigenvalue weighted by Crippen LogP contribution is -2.60. The maximum absolute atomic E-state index is 12.8. The summed E-state index contributed by atoms with van der Waals surface area (Å²) in [6.45, 7) is -0.625. The molecule has 0 spiro atoms. The molecule has 12 heteroatoms. The summed E-state index contributed by atoms with van der Waals surface area (Å²) in [5, 5.41) is 50.1. The smallest absolute Gasteiger partial charge is 0.235 e. The van der Waals surface area contributed by atoms with Crippen molar-refractivity contribution in [2.75, 3.05) is 20.5 Å². The molecule has 1 aromatic heterocycles. The highest BCUT2D eigenvalue weighted by atomic mass is 16.7. The summed E-state index contributed by atoms with van der Waals surface area (Å²) in [6.07, 6.45) is -7.35. The molecular weight excluding hydrogens is 468 g/mol. The monoisotopic (exact) mass is 490 g/mol. The van der Waals surface area contributed by atoms with E-state index >= 15 is 0 Å². The van der Waals surface area contributed by atoms with Crippen molar-refractivity contribution in [1.82, 2.24) is 0 Å². The first-order chi connectivity index (χ1) is 16.8. The maximum atomic E-state index is 12.8. The molecule has 3 aromatic rings. The number of benzene rings is 2. The summed E-state index contributed by atoms with van der Waals surface area (Å²) >= 11 is 0. The number of aromatic hydroxyl groups is 1. The quantitative estimate of drug-likeness (QED) is 0.326. The fourth-order valence-electron chi connectivity index (χ4n) is 3.99. The molecule has 0 radical (unpaired) electrons. The highest BCUT2D eigenvalue weighted by molar-refractivity contribution is 5.83. The van der Waals surface area contributed by atoms with Crippen LogP contribution >= 0.6 is 0 Å². The number of ether oxygens (including phenoxy) is 5. The minimum Gasteiger partial charge on any atom is -0.502 e. The van der Waals surface area contributed by atoms with E-state index in [4.69, 9.17) is 28.1 Å². The summed E-state index contributed by atoms with van der Waals surface area (Å²) in [7, 11) is 1.43. The van der Waals surface area contributed by atoms with Crippen LogP contribution in [0.25, 0.3) is 22.3 Å². The van der Waals surface area contributed by atoms with Gasteiger partial charge in [-0.25, -0.2) is 0 Å². The number of fused-ring (bicyclic) bond motifs is 2. The number of hydrogen-bond acceptors (Lipinski definition) is 12. The maximum Gasteiger partial charge on any atom is 0.235 e. The van der Waals surface area contributed by atoms with Gasteiger partial charge in [-0.2, -0.15) is 0 Å². The van der Waals surface area contributed by atoms with Gasteiger partial charge in [-0.05, 0) is 24.3 Å². The third kappa shape index (κ3) is 3.90. The van der Waals surface area contributed by atoms with Crippen molar-refractivity contribution in [3.05, 3.63) is 40.6 Å². The highest BCUT2D eigenvalue weighted by Gasteiger charge is 2.44. The van der Waals surface area contributed by atoms with Crippen LogP contribution in [-0.4, -0.2) is 76.7 Å². The van der Waals surface area contributed by atoms with Crippen molar-refractivity contribution >= 4 is 11.0 Å². The van der Waals surface area contributed by atoms with Crippen LogP contribution < -0.4 is 24.4 Å². The molecule has 3 heterocycles. The van der Waals surface area contributed by atoms with Gasteiger partial charge < -0.3 is 53.6 Å². The van der Waals surface area contributed by atoms with E-state index in [9.17, 15) is 30.3 Å². The van der Waals surface area contributed by atoms with Crippen LogP contribution in [0.2, 0.25) is 0 Å². The third-order valence-corrected chi connectivity index (χ3v) is 5.86. The summed E-state index contributed by atoms with van der Waals surface area (Å²) in [6, 6.07) is 7.12. The molecule has 5 N–H and O–H groups in total. The Bertz CT molecular complexity index is 1320. The molecule has 35 heavy (non-hydrogen) atoms. The molecule has 5 rings (SSSR count). The Hall–Kier alpha value is -3.55. The van der Waals surface area contributed by atoms with Crippen LogP contribution in [0.3, 0.4) is 0 Å². The third-order valence-electron chi connectivity index (χ3n) is 5.86. The molecule has 186 valence electrons. The van der Waals surface area contributed by atoms with E-state index in [-0.39, 0.29) is 29.3 Å². The van der Waals surface area contributed by atoms with Crippen LogP contribution in [-0.2, 0) is 4.74 Å². The predicted molar refractivity (Wildman–Crippen MR) is 117 cm³/mol. The first-order valence-corrected chi connectivity index (χ1v) is 10.6. The summed E-state index contributed by atoms with van der Waals surface area (Å²) in [4.78, 5) is 12.8. The average molecular weight is 490 g/mol. The normalized spacial score (nSPS) is 25.6. The molecule has 5 atom stereocenters. The number of rotatable bonds is 5. The van der Waals surface area contributed by atoms with Crippen molar-refractivity contribution in [3.8, 4) is 40.1 Å². The van der Waals surface area contributed by atoms with Crippen LogP contribution in [0.1, 0.15) is 0 Å². The van der Waals surface area contributed by atoms with Gasteiger partial charge in [-0.15, -0.1) is 0 Å². The molecule has 2 aromatic carbocycles. The Balaban J connectivity index is 1.53.